The van der Waals surface area contributed by atoms with Gasteiger partial charge >= 0.3 is 0 Å². The standard InChI is InChI=1S/C13H18O3/c1-13(2)15-9-11(16-13)12(14-3)10-7-5-4-6-8-10/h4-8,11-12H,9H2,1-3H3/t11-,12-/m0/s1. The maximum absolute atomic E-state index is 5.81. The van der Waals surface area contributed by atoms with Crippen molar-refractivity contribution in [1.82, 2.24) is 0 Å². The van der Waals surface area contributed by atoms with Crippen LogP contribution in [0.15, 0.2) is 30.3 Å². The van der Waals surface area contributed by atoms with Crippen LogP contribution in [0, 0.1) is 0 Å². The Labute approximate surface area is 96.3 Å². The van der Waals surface area contributed by atoms with Gasteiger partial charge in [-0.05, 0) is 19.4 Å². The fourth-order valence-electron chi connectivity index (χ4n) is 2.01. The molecule has 2 atom stereocenters. The van der Waals surface area contributed by atoms with E-state index >= 15 is 0 Å². The van der Waals surface area contributed by atoms with Crippen LogP contribution in [0.5, 0.6) is 0 Å². The van der Waals surface area contributed by atoms with Gasteiger partial charge in [-0.15, -0.1) is 0 Å². The number of benzene rings is 1. The molecule has 1 fully saturated rings. The maximum atomic E-state index is 5.81. The van der Waals surface area contributed by atoms with Gasteiger partial charge in [0.05, 0.1) is 6.61 Å². The minimum absolute atomic E-state index is 0.0394. The first-order chi connectivity index (χ1) is 7.62. The summed E-state index contributed by atoms with van der Waals surface area (Å²) in [5, 5.41) is 0. The third kappa shape index (κ3) is 2.43. The summed E-state index contributed by atoms with van der Waals surface area (Å²) in [6.45, 7) is 4.41. The summed E-state index contributed by atoms with van der Waals surface area (Å²) in [7, 11) is 1.70. The molecule has 3 nitrogen and oxygen atoms in total. The SMILES string of the molecule is CO[C@@H](c1ccccc1)[C@@H]1COC(C)(C)O1. The molecule has 0 N–H and O–H groups in total. The number of hydrogen-bond donors (Lipinski definition) is 0. The molecule has 1 aliphatic heterocycles. The van der Waals surface area contributed by atoms with Crippen LogP contribution in [0.25, 0.3) is 0 Å². The molecule has 1 aliphatic rings. The van der Waals surface area contributed by atoms with E-state index in [1.807, 2.05) is 44.2 Å². The number of hydrogen-bond acceptors (Lipinski definition) is 3. The summed E-state index contributed by atoms with van der Waals surface area (Å²) < 4.78 is 16.9. The van der Waals surface area contributed by atoms with Gasteiger partial charge in [0, 0.05) is 7.11 Å². The van der Waals surface area contributed by atoms with E-state index in [0.717, 1.165) is 5.56 Å². The molecular formula is C13H18O3. The molecule has 0 unspecified atom stereocenters. The van der Waals surface area contributed by atoms with Gasteiger partial charge in [0.2, 0.25) is 0 Å². The van der Waals surface area contributed by atoms with Crippen molar-refractivity contribution in [2.75, 3.05) is 13.7 Å². The van der Waals surface area contributed by atoms with Gasteiger partial charge in [-0.2, -0.15) is 0 Å². The molecule has 3 heteroatoms. The average molecular weight is 222 g/mol. The van der Waals surface area contributed by atoms with Gasteiger partial charge in [0.1, 0.15) is 12.2 Å². The minimum atomic E-state index is -0.504. The van der Waals surface area contributed by atoms with Gasteiger partial charge in [-0.3, -0.25) is 0 Å². The van der Waals surface area contributed by atoms with Gasteiger partial charge in [-0.25, -0.2) is 0 Å². The quantitative estimate of drug-likeness (QED) is 0.786. The van der Waals surface area contributed by atoms with Crippen molar-refractivity contribution >= 4 is 0 Å². The summed E-state index contributed by atoms with van der Waals surface area (Å²) >= 11 is 0. The van der Waals surface area contributed by atoms with E-state index in [2.05, 4.69) is 0 Å². The second-order valence-corrected chi connectivity index (χ2v) is 4.43. The molecule has 1 aromatic carbocycles. The zero-order valence-corrected chi connectivity index (χ0v) is 9.97. The Kier molecular flexibility index (Phi) is 3.28. The molecule has 0 aromatic heterocycles. The number of methoxy groups -OCH3 is 1. The minimum Gasteiger partial charge on any atom is -0.374 e. The van der Waals surface area contributed by atoms with Crippen LogP contribution >= 0.6 is 0 Å². The highest BCUT2D eigenvalue weighted by Gasteiger charge is 2.38. The predicted octanol–water partition coefficient (Wildman–Crippen LogP) is 2.53. The lowest BCUT2D eigenvalue weighted by Gasteiger charge is -2.23. The van der Waals surface area contributed by atoms with Crippen LogP contribution in [0.2, 0.25) is 0 Å². The van der Waals surface area contributed by atoms with E-state index in [-0.39, 0.29) is 12.2 Å². The Morgan fingerprint density at radius 2 is 2.00 bits per heavy atom. The molecule has 16 heavy (non-hydrogen) atoms. The van der Waals surface area contributed by atoms with Crippen molar-refractivity contribution in [3.8, 4) is 0 Å². The van der Waals surface area contributed by atoms with Crippen molar-refractivity contribution in [2.45, 2.75) is 31.8 Å². The molecule has 1 saturated heterocycles. The first kappa shape index (κ1) is 11.6. The Bertz CT molecular complexity index is 334. The lowest BCUT2D eigenvalue weighted by molar-refractivity contribution is -0.154. The smallest absolute Gasteiger partial charge is 0.163 e. The van der Waals surface area contributed by atoms with Crippen LogP contribution < -0.4 is 0 Å². The van der Waals surface area contributed by atoms with Gasteiger partial charge < -0.3 is 14.2 Å². The van der Waals surface area contributed by atoms with E-state index in [4.69, 9.17) is 14.2 Å². The van der Waals surface area contributed by atoms with E-state index in [1.165, 1.54) is 0 Å². The highest BCUT2D eigenvalue weighted by molar-refractivity contribution is 5.19. The van der Waals surface area contributed by atoms with E-state index in [0.29, 0.717) is 6.61 Å². The molecule has 0 bridgehead atoms. The molecular weight excluding hydrogens is 204 g/mol. The highest BCUT2D eigenvalue weighted by Crippen LogP contribution is 2.32. The van der Waals surface area contributed by atoms with E-state index in [1.54, 1.807) is 7.11 Å². The summed E-state index contributed by atoms with van der Waals surface area (Å²) in [4.78, 5) is 0. The fourth-order valence-corrected chi connectivity index (χ4v) is 2.01. The molecule has 0 amide bonds. The van der Waals surface area contributed by atoms with Gasteiger partial charge in [-0.1, -0.05) is 30.3 Å². The first-order valence-electron chi connectivity index (χ1n) is 5.52. The molecule has 1 heterocycles. The zero-order chi connectivity index (χ0) is 11.6. The Morgan fingerprint density at radius 1 is 1.31 bits per heavy atom. The normalized spacial score (nSPS) is 25.6. The molecule has 2 rings (SSSR count). The molecule has 0 aliphatic carbocycles. The highest BCUT2D eigenvalue weighted by atomic mass is 16.7. The van der Waals surface area contributed by atoms with Crippen LogP contribution in [0.1, 0.15) is 25.5 Å². The Hall–Kier alpha value is -0.900. The van der Waals surface area contributed by atoms with Crippen molar-refractivity contribution in [3.63, 3.8) is 0 Å². The average Bonchev–Trinajstić information content (AvgIpc) is 2.62. The maximum Gasteiger partial charge on any atom is 0.163 e. The summed E-state index contributed by atoms with van der Waals surface area (Å²) in [5.41, 5.74) is 1.12. The molecule has 88 valence electrons. The van der Waals surface area contributed by atoms with Gasteiger partial charge in [0.15, 0.2) is 5.79 Å². The molecule has 0 radical (unpaired) electrons. The van der Waals surface area contributed by atoms with Crippen molar-refractivity contribution in [1.29, 1.82) is 0 Å². The van der Waals surface area contributed by atoms with Crippen LogP contribution in [-0.4, -0.2) is 25.6 Å². The van der Waals surface area contributed by atoms with Crippen LogP contribution in [-0.2, 0) is 14.2 Å². The lowest BCUT2D eigenvalue weighted by Crippen LogP contribution is -2.26. The number of ether oxygens (including phenoxy) is 3. The van der Waals surface area contributed by atoms with E-state index < -0.39 is 5.79 Å². The summed E-state index contributed by atoms with van der Waals surface area (Å²) in [5.74, 6) is -0.504. The van der Waals surface area contributed by atoms with Gasteiger partial charge in [0.25, 0.3) is 0 Å². The Balaban J connectivity index is 2.13. The summed E-state index contributed by atoms with van der Waals surface area (Å²) in [6.07, 6.45) is -0.106. The second kappa shape index (κ2) is 4.53. The third-order valence-corrected chi connectivity index (χ3v) is 2.75. The first-order valence-corrected chi connectivity index (χ1v) is 5.52. The largest absolute Gasteiger partial charge is 0.374 e. The van der Waals surface area contributed by atoms with Crippen LogP contribution in [0.3, 0.4) is 0 Å². The lowest BCUT2D eigenvalue weighted by atomic mass is 10.1. The molecule has 1 aromatic rings. The summed E-state index contributed by atoms with van der Waals surface area (Å²) in [6, 6.07) is 10.1. The zero-order valence-electron chi connectivity index (χ0n) is 9.97. The molecule has 0 spiro atoms. The number of rotatable bonds is 3. The van der Waals surface area contributed by atoms with Crippen LogP contribution in [0.4, 0.5) is 0 Å². The van der Waals surface area contributed by atoms with E-state index in [9.17, 15) is 0 Å². The topological polar surface area (TPSA) is 27.7 Å². The van der Waals surface area contributed by atoms with Crippen molar-refractivity contribution < 1.29 is 14.2 Å². The van der Waals surface area contributed by atoms with Crippen molar-refractivity contribution in [2.24, 2.45) is 0 Å². The monoisotopic (exact) mass is 222 g/mol. The molecule has 0 saturated carbocycles. The third-order valence-electron chi connectivity index (χ3n) is 2.75. The second-order valence-electron chi connectivity index (χ2n) is 4.43. The predicted molar refractivity (Wildman–Crippen MR) is 61.1 cm³/mol. The van der Waals surface area contributed by atoms with Crippen molar-refractivity contribution in [3.05, 3.63) is 35.9 Å². The fraction of sp³-hybridized carbons (Fsp3) is 0.538. The Morgan fingerprint density at radius 3 is 2.50 bits per heavy atom.